The summed E-state index contributed by atoms with van der Waals surface area (Å²) in [4.78, 5) is 10.2. The lowest BCUT2D eigenvalue weighted by atomic mass is 9.88. The second kappa shape index (κ2) is 7.65. The first-order chi connectivity index (χ1) is 6.98. The summed E-state index contributed by atoms with van der Waals surface area (Å²) in [6, 6.07) is 0. The molecular weight excluding hydrogens is 194 g/mol. The molecule has 0 aliphatic carbocycles. The predicted octanol–water partition coefficient (Wildman–Crippen LogP) is 1.24. The lowest BCUT2D eigenvalue weighted by molar-refractivity contribution is -0.137. The van der Waals surface area contributed by atoms with Gasteiger partial charge in [-0.25, -0.2) is 0 Å². The highest BCUT2D eigenvalue weighted by Gasteiger charge is 2.16. The Labute approximate surface area is 91.7 Å². The third kappa shape index (κ3) is 9.69. The maximum atomic E-state index is 10.2. The first-order valence-electron chi connectivity index (χ1n) is 5.51. The Morgan fingerprint density at radius 2 is 2.00 bits per heavy atom. The number of hydrogen-bond donors (Lipinski definition) is 3. The van der Waals surface area contributed by atoms with Gasteiger partial charge in [0, 0.05) is 19.6 Å². The van der Waals surface area contributed by atoms with Gasteiger partial charge in [-0.1, -0.05) is 13.8 Å². The third-order valence-corrected chi connectivity index (χ3v) is 2.36. The van der Waals surface area contributed by atoms with Crippen molar-refractivity contribution in [3.05, 3.63) is 0 Å². The van der Waals surface area contributed by atoms with Crippen LogP contribution < -0.4 is 5.32 Å². The van der Waals surface area contributed by atoms with Gasteiger partial charge in [0.05, 0.1) is 0 Å². The van der Waals surface area contributed by atoms with Gasteiger partial charge in [-0.05, 0) is 31.2 Å². The first kappa shape index (κ1) is 14.4. The van der Waals surface area contributed by atoms with Crippen molar-refractivity contribution in [3.63, 3.8) is 0 Å². The van der Waals surface area contributed by atoms with E-state index >= 15 is 0 Å². The fourth-order valence-electron chi connectivity index (χ4n) is 1.44. The van der Waals surface area contributed by atoms with E-state index in [4.69, 9.17) is 10.2 Å². The molecule has 0 unspecified atom stereocenters. The van der Waals surface area contributed by atoms with E-state index < -0.39 is 5.97 Å². The number of carboxylic acid groups (broad SMARTS) is 1. The Balaban J connectivity index is 3.43. The number of hydrogen-bond acceptors (Lipinski definition) is 3. The summed E-state index contributed by atoms with van der Waals surface area (Å²) in [5, 5.41) is 20.4. The van der Waals surface area contributed by atoms with Gasteiger partial charge in [-0.15, -0.1) is 0 Å². The lowest BCUT2D eigenvalue weighted by Crippen LogP contribution is -2.30. The summed E-state index contributed by atoms with van der Waals surface area (Å²) in [6.45, 7) is 6.14. The van der Waals surface area contributed by atoms with Gasteiger partial charge in [0.15, 0.2) is 0 Å². The van der Waals surface area contributed by atoms with Crippen LogP contribution in [0.5, 0.6) is 0 Å². The summed E-state index contributed by atoms with van der Waals surface area (Å²) < 4.78 is 0. The van der Waals surface area contributed by atoms with Gasteiger partial charge in [0.2, 0.25) is 0 Å². The largest absolute Gasteiger partial charge is 0.481 e. The van der Waals surface area contributed by atoms with E-state index in [-0.39, 0.29) is 18.4 Å². The second-order valence-electron chi connectivity index (χ2n) is 4.67. The smallest absolute Gasteiger partial charge is 0.303 e. The topological polar surface area (TPSA) is 69.6 Å². The molecule has 0 aliphatic rings. The molecule has 0 saturated heterocycles. The molecule has 4 heteroatoms. The van der Waals surface area contributed by atoms with Crippen LogP contribution in [0.15, 0.2) is 0 Å². The molecule has 0 spiro atoms. The molecule has 90 valence electrons. The van der Waals surface area contributed by atoms with Crippen molar-refractivity contribution >= 4 is 5.97 Å². The minimum absolute atomic E-state index is 0.173. The highest BCUT2D eigenvalue weighted by Crippen LogP contribution is 2.20. The Kier molecular flexibility index (Phi) is 7.34. The first-order valence-corrected chi connectivity index (χ1v) is 5.51. The van der Waals surface area contributed by atoms with E-state index in [1.165, 1.54) is 0 Å². The average molecular weight is 217 g/mol. The number of aliphatic carboxylic acids is 1. The minimum Gasteiger partial charge on any atom is -0.481 e. The number of aliphatic hydroxyl groups is 1. The third-order valence-electron chi connectivity index (χ3n) is 2.36. The molecule has 0 bridgehead atoms. The molecule has 0 heterocycles. The van der Waals surface area contributed by atoms with Crippen molar-refractivity contribution in [1.82, 2.24) is 5.32 Å². The van der Waals surface area contributed by atoms with E-state index in [1.807, 2.05) is 0 Å². The summed E-state index contributed by atoms with van der Waals surface area (Å²) >= 11 is 0. The van der Waals surface area contributed by atoms with Gasteiger partial charge in [0.1, 0.15) is 0 Å². The van der Waals surface area contributed by atoms with E-state index in [0.717, 1.165) is 25.9 Å². The summed E-state index contributed by atoms with van der Waals surface area (Å²) in [7, 11) is 0. The molecule has 0 amide bonds. The Hall–Kier alpha value is -0.610. The Morgan fingerprint density at radius 1 is 1.33 bits per heavy atom. The maximum absolute atomic E-state index is 10.2. The average Bonchev–Trinajstić information content (AvgIpc) is 2.14. The van der Waals surface area contributed by atoms with Crippen LogP contribution in [-0.2, 0) is 4.79 Å². The van der Waals surface area contributed by atoms with Gasteiger partial charge in [-0.2, -0.15) is 0 Å². The highest BCUT2D eigenvalue weighted by atomic mass is 16.4. The number of nitrogens with one attached hydrogen (secondary N) is 1. The second-order valence-corrected chi connectivity index (χ2v) is 4.67. The van der Waals surface area contributed by atoms with E-state index in [0.29, 0.717) is 6.42 Å². The monoisotopic (exact) mass is 217 g/mol. The van der Waals surface area contributed by atoms with Gasteiger partial charge >= 0.3 is 5.97 Å². The molecule has 3 N–H and O–H groups in total. The number of carboxylic acids is 1. The normalized spacial score (nSPS) is 11.7. The summed E-state index contributed by atoms with van der Waals surface area (Å²) in [6.07, 6.45) is 2.70. The van der Waals surface area contributed by atoms with Crippen molar-refractivity contribution in [2.75, 3.05) is 19.7 Å². The summed E-state index contributed by atoms with van der Waals surface area (Å²) in [5.41, 5.74) is 0.173. The molecule has 0 rings (SSSR count). The molecule has 0 fully saturated rings. The zero-order chi connectivity index (χ0) is 11.7. The van der Waals surface area contributed by atoms with Crippen molar-refractivity contribution in [1.29, 1.82) is 0 Å². The fraction of sp³-hybridized carbons (Fsp3) is 0.909. The van der Waals surface area contributed by atoms with Crippen LogP contribution in [0.3, 0.4) is 0 Å². The molecule has 0 aromatic rings. The molecule has 0 saturated carbocycles. The molecule has 0 radical (unpaired) electrons. The van der Waals surface area contributed by atoms with Gasteiger partial charge in [-0.3, -0.25) is 4.79 Å². The quantitative estimate of drug-likeness (QED) is 0.508. The summed E-state index contributed by atoms with van der Waals surface area (Å²) in [5.74, 6) is -0.739. The van der Waals surface area contributed by atoms with Crippen molar-refractivity contribution < 1.29 is 15.0 Å². The Morgan fingerprint density at radius 3 is 2.53 bits per heavy atom. The van der Waals surface area contributed by atoms with E-state index in [1.54, 1.807) is 0 Å². The van der Waals surface area contributed by atoms with Crippen LogP contribution in [-0.4, -0.2) is 35.9 Å². The standard InChI is InChI=1S/C11H23NO3/c1-11(2,6-4-8-13)9-12-7-3-5-10(14)15/h12-13H,3-9H2,1-2H3,(H,14,15). The van der Waals surface area contributed by atoms with E-state index in [9.17, 15) is 4.79 Å². The maximum Gasteiger partial charge on any atom is 0.303 e. The fourth-order valence-corrected chi connectivity index (χ4v) is 1.44. The molecule has 15 heavy (non-hydrogen) atoms. The van der Waals surface area contributed by atoms with Crippen LogP contribution in [0, 0.1) is 5.41 Å². The number of aliphatic hydroxyl groups excluding tert-OH is 1. The number of rotatable bonds is 9. The lowest BCUT2D eigenvalue weighted by Gasteiger charge is -2.24. The van der Waals surface area contributed by atoms with Crippen LogP contribution in [0.25, 0.3) is 0 Å². The Bertz CT molecular complexity index is 181. The molecule has 0 atom stereocenters. The van der Waals surface area contributed by atoms with Crippen LogP contribution in [0.1, 0.15) is 39.5 Å². The minimum atomic E-state index is -0.739. The molecular formula is C11H23NO3. The van der Waals surface area contributed by atoms with Gasteiger partial charge in [0.25, 0.3) is 0 Å². The van der Waals surface area contributed by atoms with Crippen LogP contribution >= 0.6 is 0 Å². The zero-order valence-electron chi connectivity index (χ0n) is 9.75. The molecule has 0 aromatic carbocycles. The van der Waals surface area contributed by atoms with E-state index in [2.05, 4.69) is 19.2 Å². The van der Waals surface area contributed by atoms with Gasteiger partial charge < -0.3 is 15.5 Å². The van der Waals surface area contributed by atoms with Crippen molar-refractivity contribution in [2.24, 2.45) is 5.41 Å². The SMILES string of the molecule is CC(C)(CCCO)CNCCCC(=O)O. The number of carbonyl (C=O) groups is 1. The highest BCUT2D eigenvalue weighted by molar-refractivity contribution is 5.66. The molecule has 0 aliphatic heterocycles. The van der Waals surface area contributed by atoms with Crippen molar-refractivity contribution in [3.8, 4) is 0 Å². The molecule has 4 nitrogen and oxygen atoms in total. The van der Waals surface area contributed by atoms with Crippen molar-refractivity contribution in [2.45, 2.75) is 39.5 Å². The van der Waals surface area contributed by atoms with Crippen LogP contribution in [0.2, 0.25) is 0 Å². The zero-order valence-corrected chi connectivity index (χ0v) is 9.75. The van der Waals surface area contributed by atoms with Crippen LogP contribution in [0.4, 0.5) is 0 Å². The predicted molar refractivity (Wildman–Crippen MR) is 59.8 cm³/mol. The molecule has 0 aromatic heterocycles.